The molecule has 3 saturated heterocycles. The summed E-state index contributed by atoms with van der Waals surface area (Å²) in [5, 5.41) is 0. The van der Waals surface area contributed by atoms with E-state index in [1.54, 1.807) is 6.07 Å². The van der Waals surface area contributed by atoms with Crippen molar-refractivity contribution in [1.82, 2.24) is 14.9 Å². The largest absolute Gasteiger partial charge is 0.464 e. The van der Waals surface area contributed by atoms with Gasteiger partial charge >= 0.3 is 11.9 Å². The van der Waals surface area contributed by atoms with Crippen LogP contribution in [0.4, 0.5) is 11.5 Å². The highest BCUT2D eigenvalue weighted by Crippen LogP contribution is 2.38. The number of benzene rings is 2. The van der Waals surface area contributed by atoms with Crippen molar-refractivity contribution in [3.8, 4) is 0 Å². The van der Waals surface area contributed by atoms with Crippen LogP contribution in [0.1, 0.15) is 45.6 Å². The van der Waals surface area contributed by atoms with Gasteiger partial charge in [0.15, 0.2) is 11.3 Å². The number of amides is 1. The summed E-state index contributed by atoms with van der Waals surface area (Å²) in [7, 11) is 1.36. The van der Waals surface area contributed by atoms with Crippen molar-refractivity contribution in [3.63, 3.8) is 0 Å². The van der Waals surface area contributed by atoms with Gasteiger partial charge in [-0.05, 0) is 42.7 Å². The van der Waals surface area contributed by atoms with Crippen LogP contribution in [0.15, 0.2) is 65.1 Å². The zero-order chi connectivity index (χ0) is 29.0. The zero-order valence-electron chi connectivity index (χ0n) is 24.2. The van der Waals surface area contributed by atoms with Crippen LogP contribution in [0.25, 0.3) is 11.1 Å². The first-order valence-corrected chi connectivity index (χ1v) is 14.6. The fraction of sp³-hybridized carbons (Fsp3) is 0.394. The Morgan fingerprint density at radius 2 is 1.71 bits per heavy atom. The van der Waals surface area contributed by atoms with E-state index in [0.717, 1.165) is 55.2 Å². The number of oxazole rings is 1. The van der Waals surface area contributed by atoms with Crippen molar-refractivity contribution in [2.75, 3.05) is 56.2 Å². The van der Waals surface area contributed by atoms with Crippen LogP contribution in [0.2, 0.25) is 0 Å². The molecule has 0 bridgehead atoms. The lowest BCUT2D eigenvalue weighted by Gasteiger charge is -2.26. The first kappa shape index (κ1) is 26.5. The van der Waals surface area contributed by atoms with Gasteiger partial charge in [0.05, 0.1) is 7.11 Å². The van der Waals surface area contributed by atoms with Crippen molar-refractivity contribution >= 4 is 34.5 Å². The number of carbonyl (C=O) groups excluding carboxylic acids is 2. The van der Waals surface area contributed by atoms with Crippen LogP contribution in [0.5, 0.6) is 0 Å². The SMILES string of the molecule is COC(=O)c1cccc(N2CC3CN(C(=O)c4nc5c(C)cc(N6CC[C@](C)(c7ccccc7)C6)cc5o4)CC3C2)n1. The molecule has 2 aromatic heterocycles. The van der Waals surface area contributed by atoms with E-state index in [1.165, 1.54) is 12.7 Å². The van der Waals surface area contributed by atoms with Crippen molar-refractivity contribution in [3.05, 3.63) is 83.4 Å². The Morgan fingerprint density at radius 1 is 0.952 bits per heavy atom. The minimum absolute atomic E-state index is 0.0935. The molecule has 3 atom stereocenters. The fourth-order valence-corrected chi connectivity index (χ4v) is 7.01. The molecule has 9 nitrogen and oxygen atoms in total. The standard InChI is InChI=1S/C33H35N5O4/c1-21-14-25(36-13-12-33(2,20-36)24-8-5-4-6-9-24)15-27-29(21)35-30(42-27)31(39)38-18-22-16-37(17-23(22)19-38)28-11-7-10-26(34-28)32(40)41-3/h4-11,14-15,22-23H,12-13,16-20H2,1-3H3/t22?,23?,33-/m0/s1. The molecule has 2 aromatic carbocycles. The Labute approximate surface area is 245 Å². The Kier molecular flexibility index (Phi) is 6.40. The first-order valence-electron chi connectivity index (χ1n) is 14.6. The summed E-state index contributed by atoms with van der Waals surface area (Å²) in [6.07, 6.45) is 1.08. The van der Waals surface area contributed by atoms with Crippen molar-refractivity contribution in [1.29, 1.82) is 0 Å². The van der Waals surface area contributed by atoms with Gasteiger partial charge in [0, 0.05) is 68.3 Å². The van der Waals surface area contributed by atoms with Crippen LogP contribution in [-0.2, 0) is 10.2 Å². The molecule has 2 unspecified atom stereocenters. The Hall–Kier alpha value is -4.40. The van der Waals surface area contributed by atoms with Crippen LogP contribution in [0.3, 0.4) is 0 Å². The molecule has 0 aliphatic carbocycles. The number of aromatic nitrogens is 2. The molecule has 3 fully saturated rings. The summed E-state index contributed by atoms with van der Waals surface area (Å²) < 4.78 is 10.9. The number of aryl methyl sites for hydroxylation is 1. The normalized spacial score (nSPS) is 23.5. The number of hydrogen-bond donors (Lipinski definition) is 0. The summed E-state index contributed by atoms with van der Waals surface area (Å²) in [5.41, 5.74) is 5.27. The topological polar surface area (TPSA) is 92.0 Å². The number of pyridine rings is 1. The van der Waals surface area contributed by atoms with E-state index in [9.17, 15) is 9.59 Å². The number of anilines is 2. The van der Waals surface area contributed by atoms with Gasteiger partial charge < -0.3 is 23.9 Å². The number of likely N-dealkylation sites (tertiary alicyclic amines) is 1. The predicted molar refractivity (Wildman–Crippen MR) is 160 cm³/mol. The number of fused-ring (bicyclic) bond motifs is 2. The molecule has 1 amide bonds. The molecule has 9 heteroatoms. The van der Waals surface area contributed by atoms with Crippen LogP contribution in [0, 0.1) is 18.8 Å². The van der Waals surface area contributed by atoms with Gasteiger partial charge in [0.25, 0.3) is 5.89 Å². The highest BCUT2D eigenvalue weighted by atomic mass is 16.5. The molecule has 216 valence electrons. The van der Waals surface area contributed by atoms with E-state index < -0.39 is 5.97 Å². The molecule has 3 aliphatic rings. The van der Waals surface area contributed by atoms with Gasteiger partial charge in [-0.3, -0.25) is 4.79 Å². The minimum Gasteiger partial charge on any atom is -0.464 e. The van der Waals surface area contributed by atoms with Crippen molar-refractivity contribution in [2.45, 2.75) is 25.7 Å². The van der Waals surface area contributed by atoms with Gasteiger partial charge in [-0.2, -0.15) is 0 Å². The summed E-state index contributed by atoms with van der Waals surface area (Å²) in [5.74, 6) is 0.966. The molecule has 0 spiro atoms. The molecule has 42 heavy (non-hydrogen) atoms. The van der Waals surface area contributed by atoms with Gasteiger partial charge in [0.1, 0.15) is 11.3 Å². The maximum atomic E-state index is 13.5. The second-order valence-electron chi connectivity index (χ2n) is 12.2. The smallest absolute Gasteiger partial charge is 0.356 e. The lowest BCUT2D eigenvalue weighted by atomic mass is 9.82. The molecule has 4 aromatic rings. The predicted octanol–water partition coefficient (Wildman–Crippen LogP) is 4.69. The van der Waals surface area contributed by atoms with Crippen LogP contribution >= 0.6 is 0 Å². The third-order valence-corrected chi connectivity index (χ3v) is 9.39. The van der Waals surface area contributed by atoms with Crippen molar-refractivity contribution in [2.24, 2.45) is 11.8 Å². The molecule has 3 aliphatic heterocycles. The second-order valence-corrected chi connectivity index (χ2v) is 12.2. The minimum atomic E-state index is -0.445. The molecular formula is C33H35N5O4. The summed E-state index contributed by atoms with van der Waals surface area (Å²) >= 11 is 0. The highest BCUT2D eigenvalue weighted by molar-refractivity contribution is 5.94. The van der Waals surface area contributed by atoms with E-state index in [2.05, 4.69) is 63.1 Å². The highest BCUT2D eigenvalue weighted by Gasteiger charge is 2.43. The fourth-order valence-electron chi connectivity index (χ4n) is 7.01. The van der Waals surface area contributed by atoms with E-state index in [0.29, 0.717) is 36.2 Å². The summed E-state index contributed by atoms with van der Waals surface area (Å²) in [6.45, 7) is 9.10. The molecule has 0 saturated carbocycles. The van der Waals surface area contributed by atoms with E-state index in [-0.39, 0.29) is 17.2 Å². The van der Waals surface area contributed by atoms with Gasteiger partial charge in [-0.15, -0.1) is 0 Å². The van der Waals surface area contributed by atoms with Crippen LogP contribution < -0.4 is 9.80 Å². The first-order chi connectivity index (χ1) is 20.3. The quantitative estimate of drug-likeness (QED) is 0.322. The van der Waals surface area contributed by atoms with Crippen LogP contribution in [-0.4, -0.2) is 73.1 Å². The number of esters is 1. The number of methoxy groups -OCH3 is 1. The summed E-state index contributed by atoms with van der Waals surface area (Å²) in [4.78, 5) is 41.1. The lowest BCUT2D eigenvalue weighted by molar-refractivity contribution is 0.0593. The number of ether oxygens (including phenoxy) is 1. The zero-order valence-corrected chi connectivity index (χ0v) is 24.2. The monoisotopic (exact) mass is 565 g/mol. The Balaban J connectivity index is 1.04. The maximum Gasteiger partial charge on any atom is 0.356 e. The van der Waals surface area contributed by atoms with Gasteiger partial charge in [-0.1, -0.05) is 43.3 Å². The molecule has 5 heterocycles. The molecular weight excluding hydrogens is 530 g/mol. The number of hydrogen-bond acceptors (Lipinski definition) is 8. The van der Waals surface area contributed by atoms with E-state index in [1.807, 2.05) is 30.0 Å². The molecule has 7 rings (SSSR count). The summed E-state index contributed by atoms with van der Waals surface area (Å²) in [6, 6.07) is 20.3. The van der Waals surface area contributed by atoms with E-state index >= 15 is 0 Å². The molecule has 0 radical (unpaired) electrons. The Bertz CT molecular complexity index is 1660. The average Bonchev–Trinajstić information content (AvgIpc) is 3.79. The Morgan fingerprint density at radius 3 is 2.45 bits per heavy atom. The number of carbonyl (C=O) groups is 2. The van der Waals surface area contributed by atoms with Crippen molar-refractivity contribution < 1.29 is 18.7 Å². The third-order valence-electron chi connectivity index (χ3n) is 9.39. The lowest BCUT2D eigenvalue weighted by Crippen LogP contribution is -2.33. The van der Waals surface area contributed by atoms with Gasteiger partial charge in [0.2, 0.25) is 0 Å². The number of rotatable bonds is 5. The average molecular weight is 566 g/mol. The maximum absolute atomic E-state index is 13.5. The van der Waals surface area contributed by atoms with Gasteiger partial charge in [-0.25, -0.2) is 14.8 Å². The molecule has 0 N–H and O–H groups in total. The number of nitrogens with zero attached hydrogens (tertiary/aromatic N) is 5. The second kappa shape index (κ2) is 10.2. The third kappa shape index (κ3) is 4.57. The van der Waals surface area contributed by atoms with E-state index in [4.69, 9.17) is 9.15 Å².